The van der Waals surface area contributed by atoms with E-state index in [-0.39, 0.29) is 17.7 Å². The summed E-state index contributed by atoms with van der Waals surface area (Å²) in [7, 11) is 0. The molecule has 1 fully saturated rings. The molecule has 0 unspecified atom stereocenters. The third kappa shape index (κ3) is 0.865. The van der Waals surface area contributed by atoms with E-state index >= 15 is 0 Å². The molecule has 2 aliphatic rings. The second kappa shape index (κ2) is 1.83. The molecule has 3 nitrogen and oxygen atoms in total. The maximum atomic E-state index is 9.05. The van der Waals surface area contributed by atoms with Gasteiger partial charge in [-0.05, 0) is 0 Å². The maximum Gasteiger partial charge on any atom is 0.192 e. The predicted molar refractivity (Wildman–Crippen MR) is 39.8 cm³/mol. The van der Waals surface area contributed by atoms with Gasteiger partial charge in [0.1, 0.15) is 0 Å². The van der Waals surface area contributed by atoms with Crippen molar-refractivity contribution in [1.82, 2.24) is 0 Å². The van der Waals surface area contributed by atoms with Crippen molar-refractivity contribution in [2.45, 2.75) is 24.9 Å². The molecule has 0 aromatic heterocycles. The summed E-state index contributed by atoms with van der Waals surface area (Å²) < 4.78 is 0. The molecule has 0 saturated heterocycles. The second-order valence-electron chi connectivity index (χ2n) is 3.58. The topological polar surface area (TPSA) is 45.0 Å². The number of nitrogens with zero attached hydrogens (tertiary/aromatic N) is 2. The monoisotopic (exact) mass is 150 g/mol. The molecule has 0 amide bonds. The molecule has 0 atom stereocenters. The van der Waals surface area contributed by atoms with Crippen LogP contribution in [0.1, 0.15) is 19.3 Å². The van der Waals surface area contributed by atoms with Gasteiger partial charge in [-0.25, -0.2) is 0 Å². The summed E-state index contributed by atoms with van der Waals surface area (Å²) in [6, 6.07) is 0. The van der Waals surface area contributed by atoms with Crippen LogP contribution < -0.4 is 0 Å². The van der Waals surface area contributed by atoms with Gasteiger partial charge in [-0.3, -0.25) is 0 Å². The minimum atomic E-state index is -0.0976. The lowest BCUT2D eigenvalue weighted by Crippen LogP contribution is -2.45. The van der Waals surface area contributed by atoms with Gasteiger partial charge >= 0.3 is 0 Å². The zero-order valence-corrected chi connectivity index (χ0v) is 6.25. The van der Waals surface area contributed by atoms with E-state index in [4.69, 9.17) is 11.5 Å². The second-order valence-corrected chi connectivity index (χ2v) is 3.58. The van der Waals surface area contributed by atoms with Crippen LogP contribution in [0.15, 0.2) is 10.2 Å². The first-order chi connectivity index (χ1) is 5.24. The molecule has 11 heavy (non-hydrogen) atoms. The van der Waals surface area contributed by atoms with Crippen LogP contribution in [0.3, 0.4) is 0 Å². The number of terminal acetylenes is 1. The largest absolute Gasteiger partial charge is 0.396 e. The lowest BCUT2D eigenvalue weighted by Gasteiger charge is -2.42. The zero-order chi connectivity index (χ0) is 7.95. The Hall–Kier alpha value is -0.880. The van der Waals surface area contributed by atoms with E-state index in [9.17, 15) is 0 Å². The summed E-state index contributed by atoms with van der Waals surface area (Å²) >= 11 is 0. The van der Waals surface area contributed by atoms with Crippen molar-refractivity contribution in [3.63, 3.8) is 0 Å². The third-order valence-corrected chi connectivity index (χ3v) is 2.51. The average molecular weight is 150 g/mol. The molecule has 3 heteroatoms. The fourth-order valence-corrected chi connectivity index (χ4v) is 1.87. The Morgan fingerprint density at radius 1 is 1.45 bits per heavy atom. The quantitative estimate of drug-likeness (QED) is 0.585. The van der Waals surface area contributed by atoms with Crippen molar-refractivity contribution in [1.29, 1.82) is 0 Å². The number of aliphatic hydroxyl groups excluding tert-OH is 1. The molecule has 0 radical (unpaired) electrons. The average Bonchev–Trinajstić information content (AvgIpc) is 2.67. The van der Waals surface area contributed by atoms with Gasteiger partial charge in [-0.1, -0.05) is 0 Å². The molecule has 1 N–H and O–H groups in total. The lowest BCUT2D eigenvalue weighted by atomic mass is 9.62. The molecule has 0 bridgehead atoms. The minimum absolute atomic E-state index is 0.0573. The first-order valence-corrected chi connectivity index (χ1v) is 3.73. The summed E-state index contributed by atoms with van der Waals surface area (Å²) in [5.41, 5.74) is -0.155. The highest BCUT2D eigenvalue weighted by molar-refractivity contribution is 5.15. The van der Waals surface area contributed by atoms with Gasteiger partial charge in [-0.2, -0.15) is 10.2 Å². The third-order valence-electron chi connectivity index (χ3n) is 2.51. The number of hydrogen-bond acceptors (Lipinski definition) is 3. The predicted octanol–water partition coefficient (Wildman–Crippen LogP) is 0.944. The maximum absolute atomic E-state index is 9.05. The van der Waals surface area contributed by atoms with Gasteiger partial charge in [0.15, 0.2) is 5.66 Å². The van der Waals surface area contributed by atoms with Gasteiger partial charge < -0.3 is 5.11 Å². The van der Waals surface area contributed by atoms with Crippen molar-refractivity contribution in [3.05, 3.63) is 0 Å². The molecule has 0 aromatic rings. The van der Waals surface area contributed by atoms with E-state index in [1.807, 2.05) is 0 Å². The molecule has 2 rings (SSSR count). The first kappa shape index (κ1) is 6.81. The summed E-state index contributed by atoms with van der Waals surface area (Å²) in [4.78, 5) is 0. The number of aliphatic hydroxyl groups is 1. The summed E-state index contributed by atoms with van der Waals surface area (Å²) in [5.74, 6) is 2.58. The summed E-state index contributed by atoms with van der Waals surface area (Å²) in [6.07, 6.45) is 7.53. The van der Waals surface area contributed by atoms with Crippen LogP contribution in [0.5, 0.6) is 0 Å². The molecular formula is C8H10N2O. The number of hydrogen-bond donors (Lipinski definition) is 1. The summed E-state index contributed by atoms with van der Waals surface area (Å²) in [5, 5.41) is 16.9. The van der Waals surface area contributed by atoms with Gasteiger partial charge in [0.25, 0.3) is 0 Å². The Labute approximate surface area is 65.5 Å². The van der Waals surface area contributed by atoms with Gasteiger partial charge in [0.2, 0.25) is 0 Å². The fraction of sp³-hybridized carbons (Fsp3) is 0.750. The molecule has 1 spiro atoms. The van der Waals surface area contributed by atoms with E-state index in [1.165, 1.54) is 0 Å². The molecule has 0 aromatic carbocycles. The van der Waals surface area contributed by atoms with Crippen LogP contribution in [0.4, 0.5) is 0 Å². The molecule has 1 heterocycles. The Morgan fingerprint density at radius 2 is 2.09 bits per heavy atom. The van der Waals surface area contributed by atoms with Crippen LogP contribution >= 0.6 is 0 Å². The Balaban J connectivity index is 1.96. The van der Waals surface area contributed by atoms with Crippen LogP contribution in [0, 0.1) is 17.8 Å². The Kier molecular flexibility index (Phi) is 1.13. The van der Waals surface area contributed by atoms with Gasteiger partial charge in [-0.15, -0.1) is 12.3 Å². The van der Waals surface area contributed by atoms with Crippen molar-refractivity contribution >= 4 is 0 Å². The van der Waals surface area contributed by atoms with Crippen molar-refractivity contribution in [2.24, 2.45) is 15.6 Å². The van der Waals surface area contributed by atoms with E-state index < -0.39 is 0 Å². The van der Waals surface area contributed by atoms with Crippen molar-refractivity contribution < 1.29 is 5.11 Å². The molecule has 1 aliphatic carbocycles. The van der Waals surface area contributed by atoms with Crippen LogP contribution in [0.25, 0.3) is 0 Å². The molecular weight excluding hydrogens is 140 g/mol. The first-order valence-electron chi connectivity index (χ1n) is 3.73. The van der Waals surface area contributed by atoms with E-state index in [1.54, 1.807) is 0 Å². The highest BCUT2D eigenvalue weighted by atomic mass is 16.3. The number of rotatable bonds is 2. The zero-order valence-electron chi connectivity index (χ0n) is 6.25. The normalized spacial score (nSPS) is 27.6. The van der Waals surface area contributed by atoms with E-state index in [2.05, 4.69) is 16.1 Å². The lowest BCUT2D eigenvalue weighted by molar-refractivity contribution is 0.0136. The van der Waals surface area contributed by atoms with E-state index in [0.717, 1.165) is 12.8 Å². The van der Waals surface area contributed by atoms with Crippen molar-refractivity contribution in [2.75, 3.05) is 6.61 Å². The molecule has 1 aliphatic heterocycles. The van der Waals surface area contributed by atoms with E-state index in [0.29, 0.717) is 6.42 Å². The Bertz CT molecular complexity index is 237. The Morgan fingerprint density at radius 3 is 2.45 bits per heavy atom. The highest BCUT2D eigenvalue weighted by Crippen LogP contribution is 2.59. The standard InChI is InChI=1S/C8H10N2O/c1-2-3-7(6-11)4-8(5-7)9-10-8/h1,11H,3-6H2. The minimum Gasteiger partial charge on any atom is -0.396 e. The summed E-state index contributed by atoms with van der Waals surface area (Å²) in [6.45, 7) is 0.171. The fourth-order valence-electron chi connectivity index (χ4n) is 1.87. The van der Waals surface area contributed by atoms with Gasteiger partial charge in [0, 0.05) is 31.3 Å². The molecule has 58 valence electrons. The SMILES string of the molecule is C#CCC1(CO)CC2(C1)N=N2. The van der Waals surface area contributed by atoms with Gasteiger partial charge in [0.05, 0.1) is 0 Å². The smallest absolute Gasteiger partial charge is 0.192 e. The van der Waals surface area contributed by atoms with Crippen molar-refractivity contribution in [3.8, 4) is 12.3 Å². The molecule has 1 saturated carbocycles. The highest BCUT2D eigenvalue weighted by Gasteiger charge is 2.60. The van der Waals surface area contributed by atoms with Crippen LogP contribution in [-0.4, -0.2) is 17.4 Å². The van der Waals surface area contributed by atoms with Crippen LogP contribution in [0.2, 0.25) is 0 Å². The van der Waals surface area contributed by atoms with Crippen LogP contribution in [-0.2, 0) is 0 Å².